The van der Waals surface area contributed by atoms with Crippen LogP contribution in [0.25, 0.3) is 0 Å². The standard InChI is InChI=1S/C3Br3F7Ge/c4-14(5,6)3(12,13)1(7,8)2(9,10)11. The van der Waals surface area contributed by atoms with Gasteiger partial charge in [0.1, 0.15) is 0 Å². The molecule has 0 bridgehead atoms. The second kappa shape index (κ2) is 4.06. The third kappa shape index (κ3) is 2.59. The molecule has 86 valence electrons. The van der Waals surface area contributed by atoms with Crippen molar-refractivity contribution in [2.24, 2.45) is 0 Å². The van der Waals surface area contributed by atoms with Crippen LogP contribution in [0.5, 0.6) is 0 Å². The second-order valence-electron chi connectivity index (χ2n) is 2.14. The van der Waals surface area contributed by atoms with Crippen LogP contribution in [0.4, 0.5) is 30.7 Å². The van der Waals surface area contributed by atoms with Crippen LogP contribution in [-0.2, 0) is 0 Å². The van der Waals surface area contributed by atoms with Gasteiger partial charge in [-0.2, -0.15) is 0 Å². The summed E-state index contributed by atoms with van der Waals surface area (Å²) < 4.78 is 79.5. The molecule has 0 aromatic carbocycles. The van der Waals surface area contributed by atoms with E-state index in [4.69, 9.17) is 0 Å². The third-order valence-electron chi connectivity index (χ3n) is 1.11. The Hall–Kier alpha value is 1.49. The van der Waals surface area contributed by atoms with E-state index >= 15 is 0 Å². The molecule has 0 spiro atoms. The normalized spacial score (nSPS) is 15.9. The van der Waals surface area contributed by atoms with Crippen molar-refractivity contribution < 1.29 is 30.7 Å². The summed E-state index contributed by atoms with van der Waals surface area (Å²) in [5.41, 5.74) is 0. The Morgan fingerprint density at radius 3 is 1.07 bits per heavy atom. The van der Waals surface area contributed by atoms with Crippen LogP contribution in [0.3, 0.4) is 0 Å². The van der Waals surface area contributed by atoms with Crippen molar-refractivity contribution in [1.82, 2.24) is 0 Å². The van der Waals surface area contributed by atoms with Crippen molar-refractivity contribution in [2.75, 3.05) is 0 Å². The van der Waals surface area contributed by atoms with Gasteiger partial charge in [0, 0.05) is 0 Å². The molecule has 0 rings (SSSR count). The minimum atomic E-state index is -6.29. The Morgan fingerprint density at radius 2 is 1.00 bits per heavy atom. The number of halogens is 10. The maximum atomic E-state index is 12.7. The third-order valence-corrected chi connectivity index (χ3v) is 11.0. The van der Waals surface area contributed by atoms with E-state index < -0.39 is 24.6 Å². The first-order valence-electron chi connectivity index (χ1n) is 2.64. The van der Waals surface area contributed by atoms with Crippen molar-refractivity contribution >= 4 is 49.8 Å². The fraction of sp³-hybridized carbons (Fsp3) is 1.00. The molecule has 0 atom stereocenters. The average molecular weight is 481 g/mol. The zero-order valence-electron chi connectivity index (χ0n) is 5.78. The van der Waals surface area contributed by atoms with Crippen molar-refractivity contribution in [3.05, 3.63) is 0 Å². The summed E-state index contributed by atoms with van der Waals surface area (Å²) in [5.74, 6) is -6.07. The first-order chi connectivity index (χ1) is 5.75. The quantitative estimate of drug-likeness (QED) is 0.403. The predicted octanol–water partition coefficient (Wildman–Crippen LogP) is 4.48. The number of hydrogen-bond acceptors (Lipinski definition) is 0. The van der Waals surface area contributed by atoms with E-state index in [0.717, 1.165) is 0 Å². The van der Waals surface area contributed by atoms with Gasteiger partial charge in [-0.05, 0) is 0 Å². The van der Waals surface area contributed by atoms with E-state index in [1.165, 1.54) is 0 Å². The maximum absolute atomic E-state index is 12.7. The Morgan fingerprint density at radius 1 is 0.714 bits per heavy atom. The molecule has 0 aliphatic heterocycles. The van der Waals surface area contributed by atoms with Crippen LogP contribution >= 0.6 is 42.0 Å². The number of rotatable bonds is 2. The van der Waals surface area contributed by atoms with Crippen LogP contribution in [0.1, 0.15) is 0 Å². The van der Waals surface area contributed by atoms with Gasteiger partial charge in [0.2, 0.25) is 0 Å². The predicted molar refractivity (Wildman–Crippen MR) is 48.5 cm³/mol. The van der Waals surface area contributed by atoms with E-state index in [2.05, 4.69) is 42.0 Å². The molecule has 0 amide bonds. The van der Waals surface area contributed by atoms with Gasteiger partial charge in [0.25, 0.3) is 0 Å². The molecule has 0 aromatic rings. The molecular weight excluding hydrogens is 481 g/mol. The van der Waals surface area contributed by atoms with Crippen LogP contribution in [0, 0.1) is 0 Å². The van der Waals surface area contributed by atoms with Crippen LogP contribution < -0.4 is 0 Å². The summed E-state index contributed by atoms with van der Waals surface area (Å²) in [6.07, 6.45) is -6.29. The van der Waals surface area contributed by atoms with Gasteiger partial charge in [-0.25, -0.2) is 0 Å². The van der Waals surface area contributed by atoms with E-state index in [-0.39, 0.29) is 0 Å². The molecule has 0 N–H and O–H groups in total. The first kappa shape index (κ1) is 15.5. The van der Waals surface area contributed by atoms with E-state index in [0.29, 0.717) is 0 Å². The molecule has 14 heavy (non-hydrogen) atoms. The van der Waals surface area contributed by atoms with Crippen molar-refractivity contribution in [3.63, 3.8) is 0 Å². The minimum absolute atomic E-state index is 2.12. The Bertz CT molecular complexity index is 193. The molecule has 0 unspecified atom stereocenters. The SMILES string of the molecule is FC(F)(F)C(F)(F)[C](F)(F)[Ge]([Br])([Br])[Br]. The van der Waals surface area contributed by atoms with Crippen LogP contribution in [0.15, 0.2) is 0 Å². The van der Waals surface area contributed by atoms with Crippen molar-refractivity contribution in [1.29, 1.82) is 0 Å². The summed E-state index contributed by atoms with van der Waals surface area (Å²) in [5, 5.41) is 0. The topological polar surface area (TPSA) is 0 Å². The van der Waals surface area contributed by atoms with E-state index in [1.54, 1.807) is 0 Å². The monoisotopic (exact) mass is 480 g/mol. The molecule has 0 saturated carbocycles. The molecule has 0 aliphatic rings. The fourth-order valence-corrected chi connectivity index (χ4v) is 5.28. The molecule has 0 nitrogen and oxygen atoms in total. The van der Waals surface area contributed by atoms with E-state index in [9.17, 15) is 30.7 Å². The summed E-state index contributed by atoms with van der Waals surface area (Å²) in [4.78, 5) is 0. The van der Waals surface area contributed by atoms with Gasteiger partial charge in [-0.3, -0.25) is 0 Å². The van der Waals surface area contributed by atoms with Crippen molar-refractivity contribution in [2.45, 2.75) is 16.9 Å². The molecule has 0 saturated heterocycles. The van der Waals surface area contributed by atoms with Gasteiger partial charge in [-0.1, -0.05) is 0 Å². The zero-order valence-corrected chi connectivity index (χ0v) is 12.6. The zero-order chi connectivity index (χ0) is 12.0. The average Bonchev–Trinajstić information content (AvgIpc) is 1.81. The fourth-order valence-electron chi connectivity index (χ4n) is 0.356. The Labute approximate surface area is 96.8 Å². The van der Waals surface area contributed by atoms with Gasteiger partial charge in [0.15, 0.2) is 0 Å². The van der Waals surface area contributed by atoms with Gasteiger partial charge in [-0.15, -0.1) is 0 Å². The van der Waals surface area contributed by atoms with Gasteiger partial charge < -0.3 is 0 Å². The molecular formula is C3Br3F7Ge. The summed E-state index contributed by atoms with van der Waals surface area (Å²) in [6.45, 7) is 0. The van der Waals surface area contributed by atoms with Crippen LogP contribution in [-0.4, -0.2) is 24.6 Å². The second-order valence-corrected chi connectivity index (χ2v) is 40.7. The number of hydrogen-bond donors (Lipinski definition) is 0. The number of alkyl halides is 7. The molecule has 0 radical (unpaired) electrons. The summed E-state index contributed by atoms with van der Waals surface area (Å²) in [6, 6.07) is 0. The molecule has 0 aliphatic carbocycles. The summed E-state index contributed by atoms with van der Waals surface area (Å²) in [7, 11) is -5.01. The molecule has 11 heteroatoms. The van der Waals surface area contributed by atoms with E-state index in [1.807, 2.05) is 0 Å². The van der Waals surface area contributed by atoms with Gasteiger partial charge >= 0.3 is 97.3 Å². The first-order valence-corrected chi connectivity index (χ1v) is 18.4. The summed E-state index contributed by atoms with van der Waals surface area (Å²) >= 11 is 6.36. The van der Waals surface area contributed by atoms with Crippen molar-refractivity contribution in [3.8, 4) is 0 Å². The molecule has 0 aromatic heterocycles. The molecule has 0 fully saturated rings. The Kier molecular flexibility index (Phi) is 4.49. The Balaban J connectivity index is 5.30. The van der Waals surface area contributed by atoms with Crippen LogP contribution in [0.2, 0.25) is 0 Å². The molecule has 0 heterocycles. The van der Waals surface area contributed by atoms with Gasteiger partial charge in [0.05, 0.1) is 0 Å².